The van der Waals surface area contributed by atoms with Gasteiger partial charge >= 0.3 is 0 Å². The van der Waals surface area contributed by atoms with Crippen LogP contribution in [0.25, 0.3) is 0 Å². The lowest BCUT2D eigenvalue weighted by molar-refractivity contribution is -0.118. The van der Waals surface area contributed by atoms with Gasteiger partial charge in [-0.3, -0.25) is 4.79 Å². The first-order chi connectivity index (χ1) is 8.74. The lowest BCUT2D eigenvalue weighted by Crippen LogP contribution is -2.42. The van der Waals surface area contributed by atoms with E-state index in [2.05, 4.69) is 23.3 Å². The zero-order valence-electron chi connectivity index (χ0n) is 12.0. The first-order valence-electron chi connectivity index (χ1n) is 6.49. The van der Waals surface area contributed by atoms with Crippen LogP contribution in [0, 0.1) is 0 Å². The number of nitrogens with one attached hydrogen (secondary N) is 1. The Morgan fingerprint density at radius 2 is 1.85 bits per heavy atom. The maximum absolute atomic E-state index is 12.2. The quantitative estimate of drug-likeness (QED) is 0.865. The molecule has 0 aromatic heterocycles. The molecule has 114 valence electrons. The third kappa shape index (κ3) is 4.27. The van der Waals surface area contributed by atoms with Crippen molar-refractivity contribution in [3.8, 4) is 0 Å². The number of hydrogen-bond acceptors (Lipinski definition) is 3. The number of fused-ring (bicyclic) bond motifs is 1. The highest BCUT2D eigenvalue weighted by Gasteiger charge is 2.23. The van der Waals surface area contributed by atoms with Crippen molar-refractivity contribution in [2.24, 2.45) is 0 Å². The van der Waals surface area contributed by atoms with Crippen LogP contribution in [0.1, 0.15) is 12.8 Å². The van der Waals surface area contributed by atoms with Crippen LogP contribution in [0.5, 0.6) is 0 Å². The molecule has 0 spiro atoms. The van der Waals surface area contributed by atoms with Crippen LogP contribution in [0.2, 0.25) is 0 Å². The average Bonchev–Trinajstić information content (AvgIpc) is 2.39. The number of halogens is 2. The van der Waals surface area contributed by atoms with Gasteiger partial charge in [0.05, 0.1) is 11.4 Å². The molecule has 0 bridgehead atoms. The molecule has 0 saturated carbocycles. The molecule has 1 aromatic carbocycles. The summed E-state index contributed by atoms with van der Waals surface area (Å²) >= 11 is 0. The number of anilines is 2. The van der Waals surface area contributed by atoms with Gasteiger partial charge in [-0.2, -0.15) is 0 Å². The fourth-order valence-electron chi connectivity index (χ4n) is 2.32. The van der Waals surface area contributed by atoms with E-state index in [0.29, 0.717) is 6.42 Å². The van der Waals surface area contributed by atoms with E-state index in [1.54, 1.807) is 0 Å². The number of benzene rings is 1. The molecule has 0 saturated heterocycles. The monoisotopic (exact) mass is 319 g/mol. The molecule has 1 heterocycles. The van der Waals surface area contributed by atoms with Crippen molar-refractivity contribution >= 4 is 42.1 Å². The molecule has 0 atom stereocenters. The van der Waals surface area contributed by atoms with E-state index in [4.69, 9.17) is 0 Å². The second-order valence-electron chi connectivity index (χ2n) is 4.66. The Morgan fingerprint density at radius 3 is 2.50 bits per heavy atom. The van der Waals surface area contributed by atoms with Gasteiger partial charge < -0.3 is 15.1 Å². The maximum Gasteiger partial charge on any atom is 0.227 e. The SMILES string of the molecule is CNCCCC(=O)N1CCN(C)c2ccccc21.Cl.Cl. The summed E-state index contributed by atoms with van der Waals surface area (Å²) < 4.78 is 0. The van der Waals surface area contributed by atoms with E-state index in [1.165, 1.54) is 0 Å². The number of para-hydroxylation sites is 2. The van der Waals surface area contributed by atoms with Crippen molar-refractivity contribution in [1.29, 1.82) is 0 Å². The van der Waals surface area contributed by atoms with Crippen molar-refractivity contribution in [1.82, 2.24) is 5.32 Å². The summed E-state index contributed by atoms with van der Waals surface area (Å²) in [7, 11) is 3.98. The van der Waals surface area contributed by atoms with Crippen LogP contribution >= 0.6 is 24.8 Å². The largest absolute Gasteiger partial charge is 0.371 e. The van der Waals surface area contributed by atoms with Gasteiger partial charge in [0.1, 0.15) is 0 Å². The van der Waals surface area contributed by atoms with E-state index in [1.807, 2.05) is 30.1 Å². The molecule has 4 nitrogen and oxygen atoms in total. The zero-order valence-corrected chi connectivity index (χ0v) is 13.6. The summed E-state index contributed by atoms with van der Waals surface area (Å²) in [6.07, 6.45) is 1.50. The van der Waals surface area contributed by atoms with Gasteiger partial charge in [0.2, 0.25) is 5.91 Å². The summed E-state index contributed by atoms with van der Waals surface area (Å²) in [4.78, 5) is 16.3. The molecular formula is C14H23Cl2N3O. The number of rotatable bonds is 4. The van der Waals surface area contributed by atoms with Gasteiger partial charge in [0.15, 0.2) is 0 Å². The van der Waals surface area contributed by atoms with Crippen LogP contribution in [0.3, 0.4) is 0 Å². The van der Waals surface area contributed by atoms with Crippen molar-refractivity contribution in [2.45, 2.75) is 12.8 Å². The number of carbonyl (C=O) groups excluding carboxylic acids is 1. The van der Waals surface area contributed by atoms with Crippen molar-refractivity contribution in [3.63, 3.8) is 0 Å². The fourth-order valence-corrected chi connectivity index (χ4v) is 2.32. The molecule has 0 radical (unpaired) electrons. The minimum atomic E-state index is 0. The van der Waals surface area contributed by atoms with Gasteiger partial charge in [0, 0.05) is 26.6 Å². The minimum absolute atomic E-state index is 0. The molecule has 1 aromatic rings. The topological polar surface area (TPSA) is 35.6 Å². The van der Waals surface area contributed by atoms with E-state index >= 15 is 0 Å². The summed E-state index contributed by atoms with van der Waals surface area (Å²) in [5, 5.41) is 3.07. The second-order valence-corrected chi connectivity index (χ2v) is 4.66. The summed E-state index contributed by atoms with van der Waals surface area (Å²) in [6, 6.07) is 8.11. The molecule has 1 aliphatic rings. The smallest absolute Gasteiger partial charge is 0.227 e. The molecule has 1 amide bonds. The van der Waals surface area contributed by atoms with Gasteiger partial charge in [-0.25, -0.2) is 0 Å². The Balaban J connectivity index is 0.00000180. The molecule has 0 fully saturated rings. The van der Waals surface area contributed by atoms with Gasteiger partial charge in [-0.15, -0.1) is 24.8 Å². The highest BCUT2D eigenvalue weighted by Crippen LogP contribution is 2.32. The summed E-state index contributed by atoms with van der Waals surface area (Å²) in [5.41, 5.74) is 2.19. The molecule has 1 aliphatic heterocycles. The Morgan fingerprint density at radius 1 is 1.20 bits per heavy atom. The third-order valence-corrected chi connectivity index (χ3v) is 3.36. The Labute approximate surface area is 133 Å². The fraction of sp³-hybridized carbons (Fsp3) is 0.500. The van der Waals surface area contributed by atoms with Crippen molar-refractivity contribution in [2.75, 3.05) is 43.5 Å². The number of amides is 1. The zero-order chi connectivity index (χ0) is 13.0. The van der Waals surface area contributed by atoms with Gasteiger partial charge in [-0.05, 0) is 32.1 Å². The van der Waals surface area contributed by atoms with Crippen LogP contribution in [0.15, 0.2) is 24.3 Å². The molecule has 0 unspecified atom stereocenters. The molecule has 2 rings (SSSR count). The van der Waals surface area contributed by atoms with Crippen LogP contribution in [-0.4, -0.2) is 39.6 Å². The van der Waals surface area contributed by atoms with Gasteiger partial charge in [0.25, 0.3) is 0 Å². The molecule has 0 aliphatic carbocycles. The normalized spacial score (nSPS) is 13.1. The number of nitrogens with zero attached hydrogens (tertiary/aromatic N) is 2. The number of likely N-dealkylation sites (N-methyl/N-ethyl adjacent to an activating group) is 1. The molecule has 6 heteroatoms. The second kappa shape index (κ2) is 9.06. The minimum Gasteiger partial charge on any atom is -0.371 e. The maximum atomic E-state index is 12.2. The van der Waals surface area contributed by atoms with E-state index in [9.17, 15) is 4.79 Å². The summed E-state index contributed by atoms with van der Waals surface area (Å²) in [5.74, 6) is 0.228. The third-order valence-electron chi connectivity index (χ3n) is 3.36. The first kappa shape index (κ1) is 19.0. The van der Waals surface area contributed by atoms with E-state index in [-0.39, 0.29) is 30.7 Å². The first-order valence-corrected chi connectivity index (χ1v) is 6.49. The number of hydrogen-bond donors (Lipinski definition) is 1. The lowest BCUT2D eigenvalue weighted by atomic mass is 10.1. The van der Waals surface area contributed by atoms with Crippen LogP contribution < -0.4 is 15.1 Å². The Kier molecular flexibility index (Phi) is 8.62. The predicted molar refractivity (Wildman–Crippen MR) is 89.7 cm³/mol. The van der Waals surface area contributed by atoms with Crippen molar-refractivity contribution < 1.29 is 4.79 Å². The predicted octanol–water partition coefficient (Wildman–Crippen LogP) is 2.31. The van der Waals surface area contributed by atoms with E-state index in [0.717, 1.165) is 37.4 Å². The number of carbonyl (C=O) groups is 1. The Hall–Kier alpha value is -0.970. The van der Waals surface area contributed by atoms with Crippen LogP contribution in [0.4, 0.5) is 11.4 Å². The van der Waals surface area contributed by atoms with E-state index < -0.39 is 0 Å². The summed E-state index contributed by atoms with van der Waals surface area (Å²) in [6.45, 7) is 2.57. The Bertz CT molecular complexity index is 429. The van der Waals surface area contributed by atoms with Crippen molar-refractivity contribution in [3.05, 3.63) is 24.3 Å². The van der Waals surface area contributed by atoms with Crippen LogP contribution in [-0.2, 0) is 4.79 Å². The molecule has 1 N–H and O–H groups in total. The van der Waals surface area contributed by atoms with Gasteiger partial charge in [-0.1, -0.05) is 12.1 Å². The highest BCUT2D eigenvalue weighted by molar-refractivity contribution is 5.97. The molecular weight excluding hydrogens is 297 g/mol. The lowest BCUT2D eigenvalue weighted by Gasteiger charge is -2.35. The average molecular weight is 320 g/mol. The molecule has 20 heavy (non-hydrogen) atoms. The highest BCUT2D eigenvalue weighted by atomic mass is 35.5. The standard InChI is InChI=1S/C14H21N3O.2ClH/c1-15-9-5-8-14(18)17-11-10-16(2)12-6-3-4-7-13(12)17;;/h3-4,6-7,15H,5,8-11H2,1-2H3;2*1H.